The lowest BCUT2D eigenvalue weighted by Crippen LogP contribution is -2.34. The molecule has 0 atom stereocenters. The monoisotopic (exact) mass is 252 g/mol. The van der Waals surface area contributed by atoms with Crippen LogP contribution in [0.5, 0.6) is 0 Å². The zero-order valence-corrected chi connectivity index (χ0v) is 10.9. The maximum atomic E-state index is 11.1. The van der Waals surface area contributed by atoms with Gasteiger partial charge in [0.15, 0.2) is 0 Å². The number of esters is 1. The number of carbonyl (C=O) groups excluding carboxylic acids is 1. The van der Waals surface area contributed by atoms with Crippen LogP contribution in [0.4, 0.5) is 0 Å². The summed E-state index contributed by atoms with van der Waals surface area (Å²) >= 11 is 12.6. The third-order valence-corrected chi connectivity index (χ3v) is 3.88. The smallest absolute Gasteiger partial charge is 0.333 e. The molecule has 0 aliphatic heterocycles. The summed E-state index contributed by atoms with van der Waals surface area (Å²) in [7, 11) is 0. The van der Waals surface area contributed by atoms with E-state index in [0.29, 0.717) is 22.8 Å². The summed E-state index contributed by atoms with van der Waals surface area (Å²) in [5.74, 6) is 1.39. The van der Waals surface area contributed by atoms with Crippen molar-refractivity contribution in [3.05, 3.63) is 12.2 Å². The van der Waals surface area contributed by atoms with Crippen molar-refractivity contribution in [1.82, 2.24) is 0 Å². The third kappa shape index (κ3) is 4.19. The highest BCUT2D eigenvalue weighted by Crippen LogP contribution is 2.23. The Labute approximate surface area is 102 Å². The van der Waals surface area contributed by atoms with Crippen LogP contribution in [0.15, 0.2) is 12.2 Å². The average Bonchev–Trinajstić information content (AvgIpc) is 2.20. The van der Waals surface area contributed by atoms with Gasteiger partial charge in [-0.3, -0.25) is 0 Å². The van der Waals surface area contributed by atoms with Crippen LogP contribution in [0.1, 0.15) is 6.92 Å². The first kappa shape index (κ1) is 14.3. The van der Waals surface area contributed by atoms with Gasteiger partial charge >= 0.3 is 5.97 Å². The molecule has 0 bridgehead atoms. The van der Waals surface area contributed by atoms with Gasteiger partial charge in [0, 0.05) is 28.2 Å². The first-order valence-electron chi connectivity index (χ1n) is 4.16. The summed E-state index contributed by atoms with van der Waals surface area (Å²) in [6, 6.07) is 0. The lowest BCUT2D eigenvalue weighted by atomic mass is 9.97. The van der Waals surface area contributed by atoms with E-state index in [-0.39, 0.29) is 18.0 Å². The van der Waals surface area contributed by atoms with Crippen LogP contribution in [0.3, 0.4) is 0 Å². The molecule has 0 amide bonds. The van der Waals surface area contributed by atoms with Gasteiger partial charge in [0.1, 0.15) is 0 Å². The number of ether oxygens (including phenoxy) is 1. The van der Waals surface area contributed by atoms with E-state index in [2.05, 4.69) is 44.5 Å². The molecule has 0 aliphatic rings. The maximum absolute atomic E-state index is 11.1. The Kier molecular flexibility index (Phi) is 6.81. The fourth-order valence-electron chi connectivity index (χ4n) is 0.629. The van der Waals surface area contributed by atoms with Crippen molar-refractivity contribution < 1.29 is 9.53 Å². The van der Waals surface area contributed by atoms with Gasteiger partial charge < -0.3 is 4.74 Å². The lowest BCUT2D eigenvalue weighted by Gasteiger charge is -2.27. The summed E-state index contributed by atoms with van der Waals surface area (Å²) in [5, 5.41) is 0. The molecule has 0 unspecified atom stereocenters. The molecule has 0 heterocycles. The van der Waals surface area contributed by atoms with E-state index in [0.717, 1.165) is 0 Å². The van der Waals surface area contributed by atoms with E-state index in [1.165, 1.54) is 0 Å². The Balaban J connectivity index is 4.19. The fraction of sp³-hybridized carbons (Fsp3) is 0.667. The number of hydrogen-bond acceptors (Lipinski definition) is 5. The second-order valence-corrected chi connectivity index (χ2v) is 4.28. The number of hydrogen-bond donors (Lipinski definition) is 3. The second-order valence-electron chi connectivity index (χ2n) is 3.33. The average molecular weight is 252 g/mol. The van der Waals surface area contributed by atoms with Crippen LogP contribution in [0.25, 0.3) is 0 Å². The summed E-state index contributed by atoms with van der Waals surface area (Å²) in [5.41, 5.74) is 0.150. The van der Waals surface area contributed by atoms with E-state index in [1.807, 2.05) is 0 Å². The topological polar surface area (TPSA) is 26.3 Å². The zero-order valence-electron chi connectivity index (χ0n) is 8.19. The molecular weight excluding hydrogens is 236 g/mol. The van der Waals surface area contributed by atoms with Gasteiger partial charge in [-0.05, 0) is 6.92 Å². The van der Waals surface area contributed by atoms with Gasteiger partial charge in [-0.1, -0.05) is 6.58 Å². The molecule has 0 N–H and O–H groups in total. The minimum Gasteiger partial charge on any atom is -0.462 e. The molecule has 0 aromatic carbocycles. The fourth-order valence-corrected chi connectivity index (χ4v) is 2.10. The Morgan fingerprint density at radius 2 is 1.71 bits per heavy atom. The number of carbonyl (C=O) groups is 1. The normalized spacial score (nSPS) is 11.1. The highest BCUT2D eigenvalue weighted by molar-refractivity contribution is 7.82. The van der Waals surface area contributed by atoms with E-state index in [4.69, 9.17) is 4.74 Å². The lowest BCUT2D eigenvalue weighted by molar-refractivity contribution is -0.141. The van der Waals surface area contributed by atoms with Crippen molar-refractivity contribution in [1.29, 1.82) is 0 Å². The quantitative estimate of drug-likeness (QED) is 0.382. The van der Waals surface area contributed by atoms with Crippen LogP contribution in [0.2, 0.25) is 0 Å². The van der Waals surface area contributed by atoms with Crippen molar-refractivity contribution in [3.8, 4) is 0 Å². The minimum absolute atomic E-state index is 0.250. The van der Waals surface area contributed by atoms with Gasteiger partial charge in [0.2, 0.25) is 0 Å². The molecule has 0 aromatic heterocycles. The second kappa shape index (κ2) is 6.69. The molecule has 0 saturated heterocycles. The molecule has 0 spiro atoms. The molecule has 0 radical (unpaired) electrons. The molecule has 0 saturated carbocycles. The van der Waals surface area contributed by atoms with E-state index >= 15 is 0 Å². The predicted octanol–water partition coefficient (Wildman–Crippen LogP) is 1.88. The Morgan fingerprint density at radius 3 is 2.00 bits per heavy atom. The van der Waals surface area contributed by atoms with Gasteiger partial charge in [0.05, 0.1) is 6.61 Å². The molecule has 0 aliphatic carbocycles. The van der Waals surface area contributed by atoms with Gasteiger partial charge in [0.25, 0.3) is 0 Å². The van der Waals surface area contributed by atoms with Crippen LogP contribution < -0.4 is 0 Å². The zero-order chi connectivity index (χ0) is 11.2. The van der Waals surface area contributed by atoms with Crippen LogP contribution in [0, 0.1) is 5.41 Å². The van der Waals surface area contributed by atoms with Gasteiger partial charge in [-0.2, -0.15) is 37.9 Å². The van der Waals surface area contributed by atoms with E-state index in [9.17, 15) is 4.79 Å². The van der Waals surface area contributed by atoms with Crippen LogP contribution >= 0.6 is 37.9 Å². The van der Waals surface area contributed by atoms with Crippen molar-refractivity contribution >= 4 is 43.9 Å². The van der Waals surface area contributed by atoms with Crippen molar-refractivity contribution in [2.24, 2.45) is 5.41 Å². The summed E-state index contributed by atoms with van der Waals surface area (Å²) in [4.78, 5) is 11.1. The van der Waals surface area contributed by atoms with Crippen LogP contribution in [-0.4, -0.2) is 29.8 Å². The summed E-state index contributed by atoms with van der Waals surface area (Å²) in [6.45, 7) is 5.41. The molecule has 0 aromatic rings. The molecule has 0 fully saturated rings. The molecule has 2 nitrogen and oxygen atoms in total. The predicted molar refractivity (Wildman–Crippen MR) is 69.8 cm³/mol. The minimum atomic E-state index is -0.375. The van der Waals surface area contributed by atoms with Crippen molar-refractivity contribution in [3.63, 3.8) is 0 Å². The third-order valence-electron chi connectivity index (χ3n) is 1.86. The molecule has 0 rings (SSSR count). The van der Waals surface area contributed by atoms with E-state index in [1.54, 1.807) is 6.92 Å². The first-order chi connectivity index (χ1) is 6.51. The summed E-state index contributed by atoms with van der Waals surface area (Å²) in [6.07, 6.45) is 0. The van der Waals surface area contributed by atoms with Crippen LogP contribution in [-0.2, 0) is 9.53 Å². The standard InChI is InChI=1S/C9H16O2S3/c1-7(2)8(10)11-3-9(4-12,5-13)6-14/h12-14H,1,3-6H2,2H3. The molecule has 82 valence electrons. The first-order valence-corrected chi connectivity index (χ1v) is 6.06. The Bertz CT molecular complexity index is 204. The maximum Gasteiger partial charge on any atom is 0.333 e. The highest BCUT2D eigenvalue weighted by atomic mass is 32.1. The summed E-state index contributed by atoms with van der Waals surface area (Å²) < 4.78 is 5.06. The van der Waals surface area contributed by atoms with Crippen molar-refractivity contribution in [2.45, 2.75) is 6.92 Å². The van der Waals surface area contributed by atoms with Crippen molar-refractivity contribution in [2.75, 3.05) is 23.9 Å². The largest absolute Gasteiger partial charge is 0.462 e. The Hall–Kier alpha value is 0.260. The number of rotatable bonds is 6. The highest BCUT2D eigenvalue weighted by Gasteiger charge is 2.27. The molecule has 5 heteroatoms. The Morgan fingerprint density at radius 1 is 1.29 bits per heavy atom. The molecule has 14 heavy (non-hydrogen) atoms. The number of thiol groups is 3. The van der Waals surface area contributed by atoms with E-state index < -0.39 is 0 Å². The SMILES string of the molecule is C=C(C)C(=O)OCC(CS)(CS)CS. The molecular formula is C9H16O2S3. The van der Waals surface area contributed by atoms with Gasteiger partial charge in [-0.15, -0.1) is 0 Å². The van der Waals surface area contributed by atoms with Gasteiger partial charge in [-0.25, -0.2) is 4.79 Å².